The summed E-state index contributed by atoms with van der Waals surface area (Å²) in [6.07, 6.45) is 35.4. The molecule has 68 heavy (non-hydrogen) atoms. The zero-order chi connectivity index (χ0) is 48.6. The van der Waals surface area contributed by atoms with Crippen LogP contribution in [0.1, 0.15) is 197 Å². The van der Waals surface area contributed by atoms with Crippen LogP contribution in [0.25, 0.3) is 0 Å². The highest BCUT2D eigenvalue weighted by Crippen LogP contribution is 2.43. The first-order valence-electron chi connectivity index (χ1n) is 26.9. The van der Waals surface area contributed by atoms with Crippen molar-refractivity contribution in [3.63, 3.8) is 0 Å². The van der Waals surface area contributed by atoms with Crippen molar-refractivity contribution in [3.8, 4) is 0 Å². The maximum Gasteiger partial charge on any atom is 0.234 e. The molecule has 0 spiro atoms. The lowest BCUT2D eigenvalue weighted by Gasteiger charge is -2.37. The highest BCUT2D eigenvalue weighted by molar-refractivity contribution is 6.28. The maximum absolute atomic E-state index is 10.7. The molecule has 5 aromatic rings. The van der Waals surface area contributed by atoms with Crippen LogP contribution >= 0.6 is 0 Å². The van der Waals surface area contributed by atoms with Gasteiger partial charge in [0.25, 0.3) is 0 Å². The summed E-state index contributed by atoms with van der Waals surface area (Å²) in [6, 6.07) is 43.6. The maximum atomic E-state index is 10.7. The van der Waals surface area contributed by atoms with Crippen LogP contribution in [0.3, 0.4) is 0 Å². The van der Waals surface area contributed by atoms with Gasteiger partial charge in [-0.1, -0.05) is 220 Å². The van der Waals surface area contributed by atoms with E-state index in [1.54, 1.807) is 0 Å². The molecule has 0 aliphatic rings. The van der Waals surface area contributed by atoms with Gasteiger partial charge < -0.3 is 14.7 Å². The first-order chi connectivity index (χ1) is 33.5. The molecule has 372 valence electrons. The lowest BCUT2D eigenvalue weighted by Crippen LogP contribution is -2.48. The van der Waals surface area contributed by atoms with Crippen LogP contribution in [0.5, 0.6) is 0 Å². The second-order valence-corrected chi connectivity index (χ2v) is 18.0. The SMILES string of the molecule is CCCCCCCCCCCCc1cccc[n+]1OCC.CCCCCCCCCCCCc1cccc[n+]1OCC.[O-]B([O-])OCCCC(c1ccccc1)(c1ccccc1)c1ccccc1. The number of hydrogen-bond acceptors (Lipinski definition) is 5. The predicted octanol–water partition coefficient (Wildman–Crippen LogP) is 12.3. The van der Waals surface area contributed by atoms with Crippen molar-refractivity contribution >= 4 is 7.32 Å². The number of unbranched alkanes of at least 4 members (excludes halogenated alkanes) is 18. The number of aromatic nitrogens is 2. The van der Waals surface area contributed by atoms with Crippen molar-refractivity contribution in [2.75, 3.05) is 19.8 Å². The van der Waals surface area contributed by atoms with E-state index in [-0.39, 0.29) is 12.0 Å². The van der Waals surface area contributed by atoms with Crippen LogP contribution in [-0.2, 0) is 22.9 Å². The average molecular weight is 929 g/mol. The number of pyridine rings is 2. The van der Waals surface area contributed by atoms with E-state index in [2.05, 4.69) is 74.5 Å². The highest BCUT2D eigenvalue weighted by atomic mass is 16.7. The lowest BCUT2D eigenvalue weighted by atomic mass is 9.67. The Bertz CT molecular complexity index is 1730. The van der Waals surface area contributed by atoms with Crippen LogP contribution < -0.4 is 29.2 Å². The Morgan fingerprint density at radius 3 is 1.04 bits per heavy atom. The molecule has 0 aliphatic carbocycles. The molecule has 0 bridgehead atoms. The summed E-state index contributed by atoms with van der Waals surface area (Å²) in [5.41, 5.74) is 5.75. The summed E-state index contributed by atoms with van der Waals surface area (Å²) in [6.45, 7) is 10.2. The molecule has 0 unspecified atom stereocenters. The molecule has 2 aromatic heterocycles. The van der Waals surface area contributed by atoms with Crippen LogP contribution in [0.4, 0.5) is 0 Å². The molecule has 0 amide bonds. The van der Waals surface area contributed by atoms with E-state index in [1.165, 1.54) is 156 Å². The molecule has 0 saturated carbocycles. The fourth-order valence-corrected chi connectivity index (χ4v) is 9.05. The van der Waals surface area contributed by atoms with Gasteiger partial charge in [-0.2, -0.15) is 0 Å². The zero-order valence-electron chi connectivity index (χ0n) is 42.9. The zero-order valence-corrected chi connectivity index (χ0v) is 42.9. The normalized spacial score (nSPS) is 11.0. The Kier molecular flexibility index (Phi) is 32.6. The fourth-order valence-electron chi connectivity index (χ4n) is 9.05. The summed E-state index contributed by atoms with van der Waals surface area (Å²) >= 11 is 0. The van der Waals surface area contributed by atoms with Gasteiger partial charge >= 0.3 is 0 Å². The minimum atomic E-state index is -2.23. The lowest BCUT2D eigenvalue weighted by molar-refractivity contribution is -0.895. The van der Waals surface area contributed by atoms with Crippen LogP contribution in [0.15, 0.2) is 140 Å². The molecule has 0 N–H and O–H groups in total. The number of nitrogens with zero attached hydrogens (tertiary/aromatic N) is 2. The molecular weight excluding hydrogens is 839 g/mol. The number of hydrogen-bond donors (Lipinski definition) is 0. The Hall–Kier alpha value is -4.50. The molecule has 0 atom stereocenters. The van der Waals surface area contributed by atoms with E-state index in [1.807, 2.05) is 102 Å². The molecule has 3 aromatic carbocycles. The van der Waals surface area contributed by atoms with Crippen molar-refractivity contribution in [1.29, 1.82) is 0 Å². The molecule has 0 radical (unpaired) electrons. The van der Waals surface area contributed by atoms with Gasteiger partial charge in [-0.3, -0.25) is 9.68 Å². The highest BCUT2D eigenvalue weighted by Gasteiger charge is 2.35. The molecule has 0 saturated heterocycles. The second kappa shape index (κ2) is 38.4. The standard InChI is InChI=1S/C22H21BO3.2C19H34NO/c24-23(25)26-18-10-17-22(19-11-4-1-5-12-19,20-13-6-2-7-14-20)21-15-8-3-9-16-21;2*1-3-5-6-7-8-9-10-11-12-13-16-19-17-14-15-18-20(19)21-4-2/h1-9,11-16H,10,17-18H2;2*14-15,17-18H,3-13,16H2,1-2H3/q-2;2*+1. The van der Waals surface area contributed by atoms with Crippen molar-refractivity contribution in [1.82, 2.24) is 0 Å². The van der Waals surface area contributed by atoms with E-state index in [0.29, 0.717) is 6.42 Å². The first-order valence-corrected chi connectivity index (χ1v) is 26.9. The van der Waals surface area contributed by atoms with E-state index in [0.717, 1.165) is 32.5 Å². The summed E-state index contributed by atoms with van der Waals surface area (Å²) in [4.78, 5) is 11.2. The van der Waals surface area contributed by atoms with E-state index in [4.69, 9.17) is 14.3 Å². The Morgan fingerprint density at radius 2 is 0.721 bits per heavy atom. The van der Waals surface area contributed by atoms with Gasteiger partial charge in [0.15, 0.2) is 13.2 Å². The monoisotopic (exact) mass is 929 g/mol. The molecule has 0 fully saturated rings. The second-order valence-electron chi connectivity index (χ2n) is 18.0. The predicted molar refractivity (Wildman–Crippen MR) is 279 cm³/mol. The number of aryl methyl sites for hydroxylation is 2. The summed E-state index contributed by atoms with van der Waals surface area (Å²) < 4.78 is 8.58. The van der Waals surface area contributed by atoms with Gasteiger partial charge in [0.05, 0.1) is 7.32 Å². The summed E-state index contributed by atoms with van der Waals surface area (Å²) in [5, 5.41) is 21.4. The summed E-state index contributed by atoms with van der Waals surface area (Å²) in [5.74, 6) is 0. The van der Waals surface area contributed by atoms with Gasteiger partial charge in [0, 0.05) is 58.6 Å². The largest absolute Gasteiger partial charge is 0.871 e. The molecule has 0 aliphatic heterocycles. The van der Waals surface area contributed by atoms with Gasteiger partial charge in [0.2, 0.25) is 23.8 Å². The molecule has 8 heteroatoms. The Labute approximate surface area is 414 Å². The molecule has 7 nitrogen and oxygen atoms in total. The average Bonchev–Trinajstić information content (AvgIpc) is 3.37. The van der Waals surface area contributed by atoms with Gasteiger partial charge in [-0.05, 0) is 68.4 Å². The van der Waals surface area contributed by atoms with Crippen molar-refractivity contribution in [3.05, 3.63) is 168 Å². The Balaban J connectivity index is 0.000000273. The van der Waals surface area contributed by atoms with Crippen molar-refractivity contribution in [2.45, 2.75) is 187 Å². The minimum absolute atomic E-state index is 0.159. The number of benzene rings is 3. The fraction of sp³-hybridized carbons (Fsp3) is 0.533. The topological polar surface area (TPSA) is 81.6 Å². The van der Waals surface area contributed by atoms with Gasteiger partial charge in [0.1, 0.15) is 0 Å². The third-order valence-corrected chi connectivity index (χ3v) is 12.7. The van der Waals surface area contributed by atoms with Gasteiger partial charge in [-0.15, -0.1) is 0 Å². The van der Waals surface area contributed by atoms with Gasteiger partial charge in [-0.25, -0.2) is 0 Å². The van der Waals surface area contributed by atoms with Crippen molar-refractivity contribution < 1.29 is 33.8 Å². The third-order valence-electron chi connectivity index (χ3n) is 12.7. The third kappa shape index (κ3) is 23.7. The number of rotatable bonds is 34. The van der Waals surface area contributed by atoms with Crippen LogP contribution in [0.2, 0.25) is 0 Å². The molecular formula is C60H89BN2O5. The van der Waals surface area contributed by atoms with E-state index < -0.39 is 7.32 Å². The Morgan fingerprint density at radius 1 is 0.397 bits per heavy atom. The molecule has 2 heterocycles. The van der Waals surface area contributed by atoms with Crippen LogP contribution in [-0.4, -0.2) is 27.1 Å². The first kappa shape index (κ1) is 57.8. The van der Waals surface area contributed by atoms with E-state index >= 15 is 0 Å². The smallest absolute Gasteiger partial charge is 0.234 e. The molecule has 5 rings (SSSR count). The van der Waals surface area contributed by atoms with E-state index in [9.17, 15) is 10.0 Å². The van der Waals surface area contributed by atoms with Crippen molar-refractivity contribution in [2.24, 2.45) is 0 Å². The summed E-state index contributed by atoms with van der Waals surface area (Å²) in [7, 11) is -2.23. The minimum Gasteiger partial charge on any atom is -0.871 e. The van der Waals surface area contributed by atoms with Crippen LogP contribution in [0, 0.1) is 0 Å². The quantitative estimate of drug-likeness (QED) is 0.0178.